The SMILES string of the molecule is CC.Nc1cnc(Nc2ccc(N3CCOCC3)c([NH2+]O)c2)nc1N(N)C1CCCCC1. The van der Waals surface area contributed by atoms with E-state index in [1.165, 1.54) is 19.3 Å². The van der Waals surface area contributed by atoms with Crippen LogP contribution in [0.4, 0.5) is 34.5 Å². The molecule has 10 heteroatoms. The summed E-state index contributed by atoms with van der Waals surface area (Å²) in [4.78, 5) is 11.1. The Morgan fingerprint density at radius 1 is 1.19 bits per heavy atom. The maximum Gasteiger partial charge on any atom is 0.229 e. The second-order valence-corrected chi connectivity index (χ2v) is 7.80. The molecular weight excluding hydrogens is 408 g/mol. The summed E-state index contributed by atoms with van der Waals surface area (Å²) in [6.45, 7) is 6.96. The smallest absolute Gasteiger partial charge is 0.229 e. The van der Waals surface area contributed by atoms with Gasteiger partial charge in [-0.1, -0.05) is 33.1 Å². The monoisotopic (exact) mass is 445 g/mol. The van der Waals surface area contributed by atoms with Crippen molar-refractivity contribution in [3.63, 3.8) is 0 Å². The molecule has 1 saturated carbocycles. The molecule has 0 unspecified atom stereocenters. The van der Waals surface area contributed by atoms with Crippen LogP contribution in [0.2, 0.25) is 0 Å². The lowest BCUT2D eigenvalue weighted by molar-refractivity contribution is -0.825. The summed E-state index contributed by atoms with van der Waals surface area (Å²) in [5, 5.41) is 14.6. The number of hydrogen-bond donors (Lipinski definition) is 5. The average molecular weight is 446 g/mol. The molecule has 1 aliphatic carbocycles. The molecular formula is C22H37N8O2+. The Labute approximate surface area is 189 Å². The van der Waals surface area contributed by atoms with Crippen molar-refractivity contribution in [2.75, 3.05) is 47.3 Å². The highest BCUT2D eigenvalue weighted by atomic mass is 16.5. The molecule has 0 bridgehead atoms. The largest absolute Gasteiger partial charge is 0.394 e. The van der Waals surface area contributed by atoms with Crippen molar-refractivity contribution < 1.29 is 15.4 Å². The number of aromatic nitrogens is 2. The maximum atomic E-state index is 9.76. The Hall–Kier alpha value is -2.66. The van der Waals surface area contributed by atoms with E-state index in [0.29, 0.717) is 30.7 Å². The van der Waals surface area contributed by atoms with Crippen LogP contribution in [0.15, 0.2) is 24.4 Å². The third-order valence-corrected chi connectivity index (χ3v) is 5.78. The van der Waals surface area contributed by atoms with Gasteiger partial charge in [-0.3, -0.25) is 5.01 Å². The molecule has 0 amide bonds. The topological polar surface area (TPSA) is 142 Å². The number of hydrogen-bond acceptors (Lipinski definition) is 9. The number of morpholine rings is 1. The molecule has 1 aromatic carbocycles. The zero-order chi connectivity index (χ0) is 22.9. The molecule has 2 aliphatic rings. The van der Waals surface area contributed by atoms with Crippen molar-refractivity contribution in [3.8, 4) is 0 Å². The first-order chi connectivity index (χ1) is 15.7. The van der Waals surface area contributed by atoms with Crippen LogP contribution in [0.3, 0.4) is 0 Å². The van der Waals surface area contributed by atoms with E-state index in [2.05, 4.69) is 20.2 Å². The number of nitrogens with two attached hydrogens (primary N) is 3. The van der Waals surface area contributed by atoms with Gasteiger partial charge in [0.1, 0.15) is 5.69 Å². The number of hydrazine groups is 1. The first-order valence-corrected chi connectivity index (χ1v) is 11.5. The molecule has 8 N–H and O–H groups in total. The Balaban J connectivity index is 0.00000141. The number of anilines is 5. The minimum atomic E-state index is 0.243. The van der Waals surface area contributed by atoms with Crippen LogP contribution in [0.25, 0.3) is 0 Å². The van der Waals surface area contributed by atoms with Crippen molar-refractivity contribution in [1.29, 1.82) is 0 Å². The molecule has 10 nitrogen and oxygen atoms in total. The number of ether oxygens (including phenoxy) is 1. The first-order valence-electron chi connectivity index (χ1n) is 11.5. The van der Waals surface area contributed by atoms with Crippen LogP contribution < -0.4 is 32.3 Å². The van der Waals surface area contributed by atoms with Crippen molar-refractivity contribution in [1.82, 2.24) is 9.97 Å². The van der Waals surface area contributed by atoms with Gasteiger partial charge in [-0.05, 0) is 25.0 Å². The number of nitrogen functional groups attached to an aromatic ring is 1. The molecule has 2 fully saturated rings. The van der Waals surface area contributed by atoms with Crippen LogP contribution in [-0.2, 0) is 4.74 Å². The fraction of sp³-hybridized carbons (Fsp3) is 0.545. The zero-order valence-electron chi connectivity index (χ0n) is 19.1. The van der Waals surface area contributed by atoms with Gasteiger partial charge in [0.15, 0.2) is 11.5 Å². The van der Waals surface area contributed by atoms with Crippen molar-refractivity contribution in [2.45, 2.75) is 52.0 Å². The molecule has 4 rings (SSSR count). The van der Waals surface area contributed by atoms with Gasteiger partial charge in [0.05, 0.1) is 25.1 Å². The third kappa shape index (κ3) is 5.77. The summed E-state index contributed by atoms with van der Waals surface area (Å²) in [6, 6.07) is 6.03. The van der Waals surface area contributed by atoms with Gasteiger partial charge in [0.2, 0.25) is 5.95 Å². The van der Waals surface area contributed by atoms with Crippen LogP contribution >= 0.6 is 0 Å². The van der Waals surface area contributed by atoms with E-state index in [0.717, 1.165) is 48.5 Å². The normalized spacial score (nSPS) is 16.8. The predicted molar refractivity (Wildman–Crippen MR) is 127 cm³/mol. The third-order valence-electron chi connectivity index (χ3n) is 5.78. The Morgan fingerprint density at radius 3 is 2.59 bits per heavy atom. The van der Waals surface area contributed by atoms with E-state index in [4.69, 9.17) is 16.3 Å². The van der Waals surface area contributed by atoms with Gasteiger partial charge >= 0.3 is 0 Å². The van der Waals surface area contributed by atoms with Gasteiger partial charge < -0.3 is 20.7 Å². The molecule has 2 aromatic rings. The van der Waals surface area contributed by atoms with Gasteiger partial charge in [-0.25, -0.2) is 16.0 Å². The highest BCUT2D eigenvalue weighted by Crippen LogP contribution is 2.30. The van der Waals surface area contributed by atoms with E-state index in [9.17, 15) is 5.21 Å². The molecule has 1 saturated heterocycles. The van der Waals surface area contributed by atoms with E-state index in [1.54, 1.807) is 11.2 Å². The molecule has 1 aromatic heterocycles. The van der Waals surface area contributed by atoms with Crippen molar-refractivity contribution >= 4 is 34.5 Å². The Morgan fingerprint density at radius 2 is 1.91 bits per heavy atom. The van der Waals surface area contributed by atoms with Crippen LogP contribution in [-0.4, -0.2) is 47.5 Å². The van der Waals surface area contributed by atoms with Gasteiger partial charge in [0, 0.05) is 30.9 Å². The molecule has 2 heterocycles. The molecule has 0 spiro atoms. The highest BCUT2D eigenvalue weighted by molar-refractivity contribution is 5.71. The van der Waals surface area contributed by atoms with E-state index in [-0.39, 0.29) is 6.04 Å². The van der Waals surface area contributed by atoms with E-state index in [1.807, 2.05) is 32.0 Å². The number of quaternary nitrogens is 1. The highest BCUT2D eigenvalue weighted by Gasteiger charge is 2.22. The fourth-order valence-corrected chi connectivity index (χ4v) is 4.14. The zero-order valence-corrected chi connectivity index (χ0v) is 19.1. The molecule has 0 atom stereocenters. The van der Waals surface area contributed by atoms with E-state index >= 15 is 0 Å². The van der Waals surface area contributed by atoms with Crippen molar-refractivity contribution in [3.05, 3.63) is 24.4 Å². The number of nitrogens with zero attached hydrogens (tertiary/aromatic N) is 4. The summed E-state index contributed by atoms with van der Waals surface area (Å²) in [6.07, 6.45) is 7.26. The summed E-state index contributed by atoms with van der Waals surface area (Å²) in [5.41, 5.74) is 10.1. The van der Waals surface area contributed by atoms with Crippen LogP contribution in [0.1, 0.15) is 46.0 Å². The molecule has 176 valence electrons. The van der Waals surface area contributed by atoms with Crippen LogP contribution in [0.5, 0.6) is 0 Å². The maximum absolute atomic E-state index is 9.76. The predicted octanol–water partition coefficient (Wildman–Crippen LogP) is 2.26. The van der Waals surface area contributed by atoms with E-state index < -0.39 is 0 Å². The minimum Gasteiger partial charge on any atom is -0.394 e. The number of rotatable bonds is 6. The Bertz CT molecular complexity index is 854. The summed E-state index contributed by atoms with van der Waals surface area (Å²) < 4.78 is 5.41. The lowest BCUT2D eigenvalue weighted by Gasteiger charge is -2.31. The van der Waals surface area contributed by atoms with Crippen LogP contribution in [0, 0.1) is 0 Å². The Kier molecular flexibility index (Phi) is 8.86. The lowest BCUT2D eigenvalue weighted by atomic mass is 9.95. The first kappa shape index (κ1) is 24.0. The molecule has 0 radical (unpaired) electrons. The summed E-state index contributed by atoms with van der Waals surface area (Å²) >= 11 is 0. The second-order valence-electron chi connectivity index (χ2n) is 7.80. The number of nitrogens with one attached hydrogen (secondary N) is 1. The van der Waals surface area contributed by atoms with Gasteiger partial charge in [-0.2, -0.15) is 10.5 Å². The summed E-state index contributed by atoms with van der Waals surface area (Å²) in [7, 11) is 0. The van der Waals surface area contributed by atoms with Gasteiger partial charge in [0.25, 0.3) is 0 Å². The molecule has 32 heavy (non-hydrogen) atoms. The quantitative estimate of drug-likeness (QED) is 0.257. The number of benzene rings is 1. The summed E-state index contributed by atoms with van der Waals surface area (Å²) in [5.74, 6) is 7.31. The van der Waals surface area contributed by atoms with Gasteiger partial charge in [-0.15, -0.1) is 0 Å². The van der Waals surface area contributed by atoms with Crippen molar-refractivity contribution in [2.24, 2.45) is 5.84 Å². The fourth-order valence-electron chi connectivity index (χ4n) is 4.14. The lowest BCUT2D eigenvalue weighted by Crippen LogP contribution is -2.74. The second kappa shape index (κ2) is 11.8. The standard InChI is InChI=1S/C20H30N8O2.C2H6/c21-16-13-23-20(25-19(16)28(22)15-4-2-1-3-5-15)24-14-6-7-18(17(12-14)26-29)27-8-10-30-11-9-27;1-2/h6-7,12-13,15,26,29H,1-5,8-11,21-22H2,(H,23,24,25);1-2H3/p+1. The minimum absolute atomic E-state index is 0.243. The molecule has 1 aliphatic heterocycles. The average Bonchev–Trinajstić information content (AvgIpc) is 2.87.